The first-order valence-corrected chi connectivity index (χ1v) is 5.65. The van der Waals surface area contributed by atoms with Crippen LogP contribution in [0.5, 0.6) is 0 Å². The van der Waals surface area contributed by atoms with Gasteiger partial charge in [0.2, 0.25) is 0 Å². The molecular formula is C11H15BrFNO. The van der Waals surface area contributed by atoms with Gasteiger partial charge in [0.15, 0.2) is 0 Å². The minimum atomic E-state index is -0.238. The predicted molar refractivity (Wildman–Crippen MR) is 62.4 cm³/mol. The van der Waals surface area contributed by atoms with E-state index in [2.05, 4.69) is 21.2 Å². The van der Waals surface area contributed by atoms with E-state index in [9.17, 15) is 4.39 Å². The fourth-order valence-corrected chi connectivity index (χ4v) is 1.95. The zero-order valence-electron chi connectivity index (χ0n) is 8.89. The summed E-state index contributed by atoms with van der Waals surface area (Å²) in [6, 6.07) is 4.90. The molecule has 15 heavy (non-hydrogen) atoms. The van der Waals surface area contributed by atoms with Crippen molar-refractivity contribution in [3.63, 3.8) is 0 Å². The van der Waals surface area contributed by atoms with Gasteiger partial charge in [-0.1, -0.05) is 22.9 Å². The van der Waals surface area contributed by atoms with E-state index >= 15 is 0 Å². The van der Waals surface area contributed by atoms with Crippen molar-refractivity contribution in [1.82, 2.24) is 5.32 Å². The molecule has 0 aliphatic carbocycles. The number of likely N-dealkylation sites (N-methyl/N-ethyl adjacent to an activating group) is 1. The quantitative estimate of drug-likeness (QED) is 0.892. The Balaban J connectivity index is 2.88. The molecule has 1 atom stereocenters. The summed E-state index contributed by atoms with van der Waals surface area (Å²) in [5, 5.41) is 3.24. The predicted octanol–water partition coefficient (Wildman–Crippen LogP) is 2.89. The van der Waals surface area contributed by atoms with Crippen LogP contribution in [0.4, 0.5) is 4.39 Å². The Bertz CT molecular complexity index is 293. The van der Waals surface area contributed by atoms with Gasteiger partial charge in [-0.15, -0.1) is 0 Å². The summed E-state index contributed by atoms with van der Waals surface area (Å²) in [5.74, 6) is -0.238. The van der Waals surface area contributed by atoms with Gasteiger partial charge in [-0.3, -0.25) is 0 Å². The third kappa shape index (κ3) is 3.89. The third-order valence-electron chi connectivity index (χ3n) is 2.07. The molecule has 1 rings (SSSR count). The van der Waals surface area contributed by atoms with Crippen LogP contribution in [0.25, 0.3) is 0 Å². The lowest BCUT2D eigenvalue weighted by Crippen LogP contribution is -2.25. The molecule has 0 saturated carbocycles. The molecule has 0 saturated heterocycles. The number of hydrogen-bond acceptors (Lipinski definition) is 2. The van der Waals surface area contributed by atoms with Crippen LogP contribution in [0.2, 0.25) is 0 Å². The molecule has 4 heteroatoms. The van der Waals surface area contributed by atoms with Gasteiger partial charge in [0.05, 0.1) is 12.6 Å². The van der Waals surface area contributed by atoms with E-state index in [-0.39, 0.29) is 11.9 Å². The molecule has 0 aliphatic heterocycles. The number of rotatable bonds is 5. The Morgan fingerprint density at radius 3 is 2.73 bits per heavy atom. The summed E-state index contributed by atoms with van der Waals surface area (Å²) in [4.78, 5) is 0. The van der Waals surface area contributed by atoms with E-state index in [0.717, 1.165) is 16.6 Å². The normalized spacial score (nSPS) is 12.8. The van der Waals surface area contributed by atoms with E-state index < -0.39 is 0 Å². The second-order valence-corrected chi connectivity index (χ2v) is 4.18. The zero-order valence-corrected chi connectivity index (χ0v) is 10.5. The Morgan fingerprint density at radius 1 is 1.47 bits per heavy atom. The van der Waals surface area contributed by atoms with Crippen LogP contribution in [0.3, 0.4) is 0 Å². The molecule has 0 spiro atoms. The highest BCUT2D eigenvalue weighted by Crippen LogP contribution is 2.20. The van der Waals surface area contributed by atoms with E-state index in [4.69, 9.17) is 4.74 Å². The van der Waals surface area contributed by atoms with Crippen molar-refractivity contribution < 1.29 is 9.13 Å². The summed E-state index contributed by atoms with van der Waals surface area (Å²) < 4.78 is 19.0. The Kier molecular flexibility index (Phi) is 5.22. The number of nitrogens with one attached hydrogen (secondary N) is 1. The van der Waals surface area contributed by atoms with Crippen LogP contribution in [0.1, 0.15) is 18.5 Å². The molecule has 2 nitrogen and oxygen atoms in total. The SMILES string of the molecule is CCNC(COC)c1cc(F)cc(Br)c1. The Labute approximate surface area is 98.0 Å². The average molecular weight is 276 g/mol. The lowest BCUT2D eigenvalue weighted by molar-refractivity contribution is 0.167. The standard InChI is InChI=1S/C11H15BrFNO/c1-3-14-11(7-15-2)8-4-9(12)6-10(13)5-8/h4-6,11,14H,3,7H2,1-2H3. The van der Waals surface area contributed by atoms with Gasteiger partial charge in [-0.2, -0.15) is 0 Å². The highest BCUT2D eigenvalue weighted by Gasteiger charge is 2.11. The highest BCUT2D eigenvalue weighted by molar-refractivity contribution is 9.10. The van der Waals surface area contributed by atoms with Crippen molar-refractivity contribution in [2.24, 2.45) is 0 Å². The monoisotopic (exact) mass is 275 g/mol. The summed E-state index contributed by atoms with van der Waals surface area (Å²) in [6.07, 6.45) is 0. The first kappa shape index (κ1) is 12.6. The zero-order chi connectivity index (χ0) is 11.3. The van der Waals surface area contributed by atoms with Gasteiger partial charge < -0.3 is 10.1 Å². The van der Waals surface area contributed by atoms with Crippen molar-refractivity contribution in [2.75, 3.05) is 20.3 Å². The molecule has 1 aromatic carbocycles. The summed E-state index contributed by atoms with van der Waals surface area (Å²) in [7, 11) is 1.64. The third-order valence-corrected chi connectivity index (χ3v) is 2.53. The first-order valence-electron chi connectivity index (χ1n) is 4.85. The van der Waals surface area contributed by atoms with E-state index in [1.54, 1.807) is 7.11 Å². The summed E-state index contributed by atoms with van der Waals surface area (Å²) in [5.41, 5.74) is 0.894. The topological polar surface area (TPSA) is 21.3 Å². The largest absolute Gasteiger partial charge is 0.383 e. The van der Waals surface area contributed by atoms with Crippen molar-refractivity contribution >= 4 is 15.9 Å². The molecular weight excluding hydrogens is 261 g/mol. The molecule has 0 aromatic heterocycles. The fourth-order valence-electron chi connectivity index (χ4n) is 1.46. The van der Waals surface area contributed by atoms with Crippen molar-refractivity contribution in [2.45, 2.75) is 13.0 Å². The van der Waals surface area contributed by atoms with Crippen LogP contribution in [0.15, 0.2) is 22.7 Å². The number of benzene rings is 1. The van der Waals surface area contributed by atoms with Crippen LogP contribution >= 0.6 is 15.9 Å². The van der Waals surface area contributed by atoms with Crippen LogP contribution < -0.4 is 5.32 Å². The van der Waals surface area contributed by atoms with E-state index in [1.807, 2.05) is 13.0 Å². The molecule has 84 valence electrons. The number of methoxy groups -OCH3 is 1. The van der Waals surface area contributed by atoms with E-state index in [0.29, 0.717) is 6.61 Å². The lowest BCUT2D eigenvalue weighted by atomic mass is 10.1. The maximum atomic E-state index is 13.2. The van der Waals surface area contributed by atoms with Gasteiger partial charge in [-0.25, -0.2) is 4.39 Å². The maximum Gasteiger partial charge on any atom is 0.124 e. The van der Waals surface area contributed by atoms with Crippen molar-refractivity contribution in [3.05, 3.63) is 34.1 Å². The number of hydrogen-bond donors (Lipinski definition) is 1. The fraction of sp³-hybridized carbons (Fsp3) is 0.455. The number of ether oxygens (including phenoxy) is 1. The maximum absolute atomic E-state index is 13.2. The molecule has 1 N–H and O–H groups in total. The van der Waals surface area contributed by atoms with Crippen LogP contribution in [0, 0.1) is 5.82 Å². The first-order chi connectivity index (χ1) is 7.17. The van der Waals surface area contributed by atoms with Gasteiger partial charge >= 0.3 is 0 Å². The van der Waals surface area contributed by atoms with Crippen molar-refractivity contribution in [1.29, 1.82) is 0 Å². The molecule has 0 fully saturated rings. The molecule has 0 aliphatic rings. The second kappa shape index (κ2) is 6.20. The molecule has 0 bridgehead atoms. The molecule has 0 heterocycles. The van der Waals surface area contributed by atoms with Gasteiger partial charge in [0.25, 0.3) is 0 Å². The van der Waals surface area contributed by atoms with Crippen molar-refractivity contribution in [3.8, 4) is 0 Å². The van der Waals surface area contributed by atoms with Gasteiger partial charge in [-0.05, 0) is 30.3 Å². The molecule has 0 amide bonds. The number of halogens is 2. The molecule has 1 unspecified atom stereocenters. The highest BCUT2D eigenvalue weighted by atomic mass is 79.9. The minimum absolute atomic E-state index is 0.0343. The van der Waals surface area contributed by atoms with Crippen LogP contribution in [-0.4, -0.2) is 20.3 Å². The summed E-state index contributed by atoms with van der Waals surface area (Å²) >= 11 is 3.27. The summed E-state index contributed by atoms with van der Waals surface area (Å²) in [6.45, 7) is 3.36. The van der Waals surface area contributed by atoms with Gasteiger partial charge in [0.1, 0.15) is 5.82 Å². The average Bonchev–Trinajstić information content (AvgIpc) is 2.16. The van der Waals surface area contributed by atoms with Gasteiger partial charge in [0, 0.05) is 11.6 Å². The smallest absolute Gasteiger partial charge is 0.124 e. The van der Waals surface area contributed by atoms with Crippen LogP contribution in [-0.2, 0) is 4.74 Å². The Hall–Kier alpha value is -0.450. The van der Waals surface area contributed by atoms with E-state index in [1.165, 1.54) is 12.1 Å². The lowest BCUT2D eigenvalue weighted by Gasteiger charge is -2.17. The minimum Gasteiger partial charge on any atom is -0.383 e. The Morgan fingerprint density at radius 2 is 2.20 bits per heavy atom. The molecule has 0 radical (unpaired) electrons. The molecule has 1 aromatic rings. The second-order valence-electron chi connectivity index (χ2n) is 3.27.